The molecular formula is C20H28ClN3O2. The Morgan fingerprint density at radius 3 is 2.88 bits per heavy atom. The molecule has 0 aliphatic heterocycles. The Kier molecular flexibility index (Phi) is 8.51. The fourth-order valence-corrected chi connectivity index (χ4v) is 2.93. The Bertz CT molecular complexity index is 687. The zero-order valence-corrected chi connectivity index (χ0v) is 16.3. The third-order valence-electron chi connectivity index (χ3n) is 4.18. The molecule has 2 aromatic rings. The molecule has 142 valence electrons. The number of rotatable bonds is 10. The van der Waals surface area contributed by atoms with Gasteiger partial charge in [-0.1, -0.05) is 37.1 Å². The number of nitrogens with zero attached hydrogens (tertiary/aromatic N) is 2. The Morgan fingerprint density at radius 2 is 2.15 bits per heavy atom. The Hall–Kier alpha value is -1.98. The molecule has 0 aliphatic rings. The molecule has 1 aromatic heterocycles. The number of urea groups is 1. The first kappa shape index (κ1) is 20.3. The van der Waals surface area contributed by atoms with Crippen LogP contribution in [0.4, 0.5) is 4.79 Å². The molecule has 0 saturated carbocycles. The topological polar surface area (TPSA) is 46.5 Å². The van der Waals surface area contributed by atoms with Gasteiger partial charge >= 0.3 is 6.03 Å². The van der Waals surface area contributed by atoms with E-state index in [2.05, 4.69) is 22.9 Å². The lowest BCUT2D eigenvalue weighted by Crippen LogP contribution is -2.42. The van der Waals surface area contributed by atoms with Crippen LogP contribution in [0.15, 0.2) is 42.6 Å². The molecule has 1 heterocycles. The lowest BCUT2D eigenvalue weighted by molar-refractivity contribution is 0.145. The number of ether oxygens (including phenoxy) is 1. The van der Waals surface area contributed by atoms with Crippen LogP contribution in [0.5, 0.6) is 0 Å². The molecule has 1 N–H and O–H groups in total. The summed E-state index contributed by atoms with van der Waals surface area (Å²) in [5.74, 6) is 0. The van der Waals surface area contributed by atoms with Gasteiger partial charge in [-0.15, -0.1) is 0 Å². The molecule has 6 heteroatoms. The number of nitrogens with one attached hydrogen (secondary N) is 1. The van der Waals surface area contributed by atoms with Gasteiger partial charge in [0.25, 0.3) is 0 Å². The molecular weight excluding hydrogens is 350 g/mol. The smallest absolute Gasteiger partial charge is 0.317 e. The van der Waals surface area contributed by atoms with Crippen LogP contribution in [-0.2, 0) is 17.8 Å². The van der Waals surface area contributed by atoms with Crippen LogP contribution >= 0.6 is 11.6 Å². The molecule has 5 nitrogen and oxygen atoms in total. The molecule has 2 rings (SSSR count). The molecule has 0 atom stereocenters. The van der Waals surface area contributed by atoms with Crippen LogP contribution < -0.4 is 5.32 Å². The second-order valence-electron chi connectivity index (χ2n) is 6.26. The molecule has 0 spiro atoms. The summed E-state index contributed by atoms with van der Waals surface area (Å²) in [7, 11) is 1.65. The van der Waals surface area contributed by atoms with E-state index in [0.29, 0.717) is 26.2 Å². The van der Waals surface area contributed by atoms with Crippen LogP contribution in [0.25, 0.3) is 0 Å². The molecule has 0 unspecified atom stereocenters. The highest BCUT2D eigenvalue weighted by Crippen LogP contribution is 2.14. The van der Waals surface area contributed by atoms with Gasteiger partial charge in [0.1, 0.15) is 0 Å². The highest BCUT2D eigenvalue weighted by Gasteiger charge is 2.15. The van der Waals surface area contributed by atoms with Crippen molar-refractivity contribution in [2.75, 3.05) is 26.8 Å². The fourth-order valence-electron chi connectivity index (χ4n) is 2.71. The third kappa shape index (κ3) is 6.39. The number of carbonyl (C=O) groups is 1. The number of amides is 2. The number of benzene rings is 1. The van der Waals surface area contributed by atoms with Crippen LogP contribution in [0.2, 0.25) is 5.02 Å². The van der Waals surface area contributed by atoms with Gasteiger partial charge in [-0.05, 0) is 36.2 Å². The first-order valence-corrected chi connectivity index (χ1v) is 9.42. The largest absolute Gasteiger partial charge is 0.383 e. The quantitative estimate of drug-likeness (QED) is 0.632. The van der Waals surface area contributed by atoms with Crippen LogP contribution in [0.3, 0.4) is 0 Å². The third-order valence-corrected chi connectivity index (χ3v) is 4.41. The van der Waals surface area contributed by atoms with Gasteiger partial charge in [-0.25, -0.2) is 4.79 Å². The minimum absolute atomic E-state index is 0.0500. The second-order valence-corrected chi connectivity index (χ2v) is 6.69. The van der Waals surface area contributed by atoms with E-state index in [9.17, 15) is 4.79 Å². The maximum atomic E-state index is 12.5. The summed E-state index contributed by atoms with van der Waals surface area (Å²) in [4.78, 5) is 14.3. The van der Waals surface area contributed by atoms with E-state index in [1.807, 2.05) is 36.5 Å². The van der Waals surface area contributed by atoms with Crippen molar-refractivity contribution >= 4 is 17.6 Å². The molecule has 0 saturated heterocycles. The van der Waals surface area contributed by atoms with Crippen molar-refractivity contribution in [2.24, 2.45) is 0 Å². The van der Waals surface area contributed by atoms with E-state index in [1.165, 1.54) is 0 Å². The summed E-state index contributed by atoms with van der Waals surface area (Å²) in [6.45, 7) is 5.13. The van der Waals surface area contributed by atoms with Crippen molar-refractivity contribution < 1.29 is 9.53 Å². The lowest BCUT2D eigenvalue weighted by Gasteiger charge is -2.24. The summed E-state index contributed by atoms with van der Waals surface area (Å²) in [5.41, 5.74) is 2.21. The summed E-state index contributed by atoms with van der Waals surface area (Å²) < 4.78 is 7.31. The second kappa shape index (κ2) is 10.9. The molecule has 2 amide bonds. The van der Waals surface area contributed by atoms with E-state index in [4.69, 9.17) is 16.3 Å². The van der Waals surface area contributed by atoms with E-state index < -0.39 is 0 Å². The van der Waals surface area contributed by atoms with Gasteiger partial charge in [0.15, 0.2) is 0 Å². The molecule has 26 heavy (non-hydrogen) atoms. The zero-order chi connectivity index (χ0) is 18.8. The molecule has 1 aromatic carbocycles. The predicted molar refractivity (Wildman–Crippen MR) is 106 cm³/mol. The maximum Gasteiger partial charge on any atom is 0.317 e. The van der Waals surface area contributed by atoms with Crippen LogP contribution in [0.1, 0.15) is 31.0 Å². The first-order valence-electron chi connectivity index (χ1n) is 9.04. The average molecular weight is 378 g/mol. The van der Waals surface area contributed by atoms with Crippen molar-refractivity contribution in [2.45, 2.75) is 32.9 Å². The number of carbonyl (C=O) groups excluding carboxylic acids is 1. The fraction of sp³-hybridized carbons (Fsp3) is 0.450. The van der Waals surface area contributed by atoms with Gasteiger partial charge in [0.2, 0.25) is 0 Å². The Balaban J connectivity index is 2.05. The first-order chi connectivity index (χ1) is 12.6. The number of methoxy groups -OCH3 is 1. The van der Waals surface area contributed by atoms with Crippen molar-refractivity contribution in [1.82, 2.24) is 14.8 Å². The van der Waals surface area contributed by atoms with Crippen LogP contribution in [-0.4, -0.2) is 42.3 Å². The summed E-state index contributed by atoms with van der Waals surface area (Å²) in [6.07, 6.45) is 4.07. The summed E-state index contributed by atoms with van der Waals surface area (Å²) in [6, 6.07) is 11.8. The maximum absolute atomic E-state index is 12.5. The SMILES string of the molecule is CCCCNC(=O)N(CCOC)Cc1cccn1Cc1cccc(Cl)c1. The molecule has 0 aliphatic carbocycles. The summed E-state index contributed by atoms with van der Waals surface area (Å²) in [5, 5.41) is 3.72. The highest BCUT2D eigenvalue weighted by atomic mass is 35.5. The minimum Gasteiger partial charge on any atom is -0.383 e. The number of unbranched alkanes of at least 4 members (excludes halogenated alkanes) is 1. The molecule has 0 radical (unpaired) electrons. The van der Waals surface area contributed by atoms with E-state index >= 15 is 0 Å². The number of halogens is 1. The highest BCUT2D eigenvalue weighted by molar-refractivity contribution is 6.30. The van der Waals surface area contributed by atoms with Gasteiger partial charge in [-0.3, -0.25) is 0 Å². The van der Waals surface area contributed by atoms with Crippen molar-refractivity contribution in [1.29, 1.82) is 0 Å². The van der Waals surface area contributed by atoms with Gasteiger partial charge in [-0.2, -0.15) is 0 Å². The monoisotopic (exact) mass is 377 g/mol. The van der Waals surface area contributed by atoms with E-state index in [0.717, 1.165) is 35.7 Å². The number of hydrogen-bond acceptors (Lipinski definition) is 2. The van der Waals surface area contributed by atoms with E-state index in [1.54, 1.807) is 12.0 Å². The molecule has 0 fully saturated rings. The predicted octanol–water partition coefficient (Wildman–Crippen LogP) is 4.15. The number of hydrogen-bond donors (Lipinski definition) is 1. The Morgan fingerprint density at radius 1 is 1.31 bits per heavy atom. The normalized spacial score (nSPS) is 10.7. The average Bonchev–Trinajstić information content (AvgIpc) is 3.05. The van der Waals surface area contributed by atoms with Crippen molar-refractivity contribution in [3.63, 3.8) is 0 Å². The summed E-state index contributed by atoms with van der Waals surface area (Å²) >= 11 is 6.08. The van der Waals surface area contributed by atoms with Crippen LogP contribution in [0, 0.1) is 0 Å². The number of aromatic nitrogens is 1. The zero-order valence-electron chi connectivity index (χ0n) is 15.6. The van der Waals surface area contributed by atoms with Gasteiger partial charge < -0.3 is 19.5 Å². The standard InChI is InChI=1S/C20H28ClN3O2/c1-3-4-10-22-20(25)24(12-13-26-2)16-19-9-6-11-23(19)15-17-7-5-8-18(21)14-17/h5-9,11,14H,3-4,10,12-13,15-16H2,1-2H3,(H,22,25). The van der Waals surface area contributed by atoms with Crippen molar-refractivity contribution in [3.8, 4) is 0 Å². The minimum atomic E-state index is -0.0500. The molecule has 0 bridgehead atoms. The van der Waals surface area contributed by atoms with Crippen molar-refractivity contribution in [3.05, 3.63) is 58.9 Å². The van der Waals surface area contributed by atoms with Gasteiger partial charge in [0, 0.05) is 43.7 Å². The van der Waals surface area contributed by atoms with Gasteiger partial charge in [0.05, 0.1) is 13.2 Å². The van der Waals surface area contributed by atoms with E-state index in [-0.39, 0.29) is 6.03 Å². The Labute approximate surface area is 160 Å². The lowest BCUT2D eigenvalue weighted by atomic mass is 10.2.